The van der Waals surface area contributed by atoms with Gasteiger partial charge in [-0.3, -0.25) is 14.5 Å². The molecule has 34 heavy (non-hydrogen) atoms. The van der Waals surface area contributed by atoms with Gasteiger partial charge < -0.3 is 5.32 Å². The van der Waals surface area contributed by atoms with Gasteiger partial charge in [0.1, 0.15) is 11.4 Å². The van der Waals surface area contributed by atoms with Crippen molar-refractivity contribution in [2.45, 2.75) is 44.3 Å². The second-order valence-corrected chi connectivity index (χ2v) is 7.41. The van der Waals surface area contributed by atoms with E-state index in [1.165, 1.54) is 16.8 Å². The molecule has 0 radical (unpaired) electrons. The first kappa shape index (κ1) is 23.6. The number of rotatable bonds is 4. The van der Waals surface area contributed by atoms with E-state index in [-0.39, 0.29) is 17.5 Å². The summed E-state index contributed by atoms with van der Waals surface area (Å²) in [6, 6.07) is 2.72. The lowest BCUT2D eigenvalue weighted by Gasteiger charge is -2.24. The number of amides is 1. The first-order chi connectivity index (χ1) is 15.8. The lowest BCUT2D eigenvalue weighted by molar-refractivity contribution is -0.212. The van der Waals surface area contributed by atoms with Crippen LogP contribution in [-0.4, -0.2) is 30.5 Å². The minimum Gasteiger partial charge on any atom is -0.344 e. The zero-order chi connectivity index (χ0) is 24.8. The Labute approximate surface area is 185 Å². The molecule has 7 nitrogen and oxygen atoms in total. The zero-order valence-electron chi connectivity index (χ0n) is 16.8. The molecule has 0 saturated carbocycles. The van der Waals surface area contributed by atoms with Crippen LogP contribution >= 0.6 is 0 Å². The molecule has 0 bridgehead atoms. The molecule has 0 fully saturated rings. The number of hydrogen-bond donors (Lipinski definition) is 1. The molecule has 0 aromatic carbocycles. The number of carbonyl (C=O) groups is 1. The van der Waals surface area contributed by atoms with E-state index in [0.29, 0.717) is 25.1 Å². The van der Waals surface area contributed by atoms with Crippen molar-refractivity contribution in [1.29, 1.82) is 0 Å². The number of halogens is 8. The second-order valence-electron chi connectivity index (χ2n) is 7.41. The van der Waals surface area contributed by atoms with Crippen molar-refractivity contribution in [1.82, 2.24) is 29.9 Å². The molecular weight excluding hydrogens is 480 g/mol. The molecule has 0 aliphatic carbocycles. The molecule has 0 spiro atoms. The van der Waals surface area contributed by atoms with Crippen LogP contribution in [0.3, 0.4) is 0 Å². The average molecular weight is 494 g/mol. The minimum atomic E-state index is -5.10. The number of alkyl halides is 8. The highest BCUT2D eigenvalue weighted by Gasteiger charge is 2.37. The van der Waals surface area contributed by atoms with Crippen molar-refractivity contribution >= 4 is 5.91 Å². The fraction of sp³-hybridized carbons (Fsp3) is 0.368. The number of nitrogens with one attached hydrogen (secondary N) is 1. The Kier molecular flexibility index (Phi) is 5.81. The Morgan fingerprint density at radius 3 is 2.50 bits per heavy atom. The SMILES string of the molecule is O=C(NC1CCCn2nc(-c3ccnc(C(F)(F)F)c3)cc21)c1cn(C(F)(F)F)nc1C(F)F. The zero-order valence-corrected chi connectivity index (χ0v) is 16.8. The molecule has 1 amide bonds. The molecule has 15 heteroatoms. The third-order valence-corrected chi connectivity index (χ3v) is 5.14. The molecule has 182 valence electrons. The molecule has 4 rings (SSSR count). The molecule has 1 aliphatic rings. The van der Waals surface area contributed by atoms with Gasteiger partial charge in [0.2, 0.25) is 0 Å². The topological polar surface area (TPSA) is 77.6 Å². The van der Waals surface area contributed by atoms with Crippen LogP contribution in [0.25, 0.3) is 11.3 Å². The van der Waals surface area contributed by atoms with Crippen LogP contribution in [0.5, 0.6) is 0 Å². The van der Waals surface area contributed by atoms with E-state index in [2.05, 4.69) is 20.5 Å². The first-order valence-corrected chi connectivity index (χ1v) is 9.71. The lowest BCUT2D eigenvalue weighted by Crippen LogP contribution is -2.33. The van der Waals surface area contributed by atoms with Gasteiger partial charge in [0.05, 0.1) is 23.0 Å². The van der Waals surface area contributed by atoms with E-state index < -0.39 is 52.5 Å². The van der Waals surface area contributed by atoms with Crippen molar-refractivity contribution in [3.63, 3.8) is 0 Å². The fourth-order valence-corrected chi connectivity index (χ4v) is 3.61. The summed E-state index contributed by atoms with van der Waals surface area (Å²) in [5.41, 5.74) is -2.75. The highest BCUT2D eigenvalue weighted by Crippen LogP contribution is 2.33. The molecule has 3 aromatic rings. The predicted molar refractivity (Wildman–Crippen MR) is 98.4 cm³/mol. The van der Waals surface area contributed by atoms with Gasteiger partial charge >= 0.3 is 12.5 Å². The Bertz CT molecular complexity index is 1210. The molecule has 0 saturated heterocycles. The molecule has 1 atom stereocenters. The Morgan fingerprint density at radius 2 is 1.85 bits per heavy atom. The first-order valence-electron chi connectivity index (χ1n) is 9.71. The number of hydrogen-bond acceptors (Lipinski definition) is 4. The predicted octanol–water partition coefficient (Wildman–Crippen LogP) is 4.84. The summed E-state index contributed by atoms with van der Waals surface area (Å²) in [7, 11) is 0. The quantitative estimate of drug-likeness (QED) is 0.527. The van der Waals surface area contributed by atoms with E-state index in [4.69, 9.17) is 0 Å². The smallest absolute Gasteiger partial charge is 0.344 e. The summed E-state index contributed by atoms with van der Waals surface area (Å²) >= 11 is 0. The van der Waals surface area contributed by atoms with Crippen molar-refractivity contribution in [3.8, 4) is 11.3 Å². The van der Waals surface area contributed by atoms with Crippen LogP contribution < -0.4 is 5.32 Å². The molecule has 4 heterocycles. The molecular formula is C19H14F8N6O. The maximum Gasteiger partial charge on any atom is 0.504 e. The standard InChI is InChI=1S/C19H14F8N6O/c20-16(21)15-10(8-33(31-15)19(25,26)27)17(34)29-11-2-1-5-32-13(11)7-12(30-32)9-3-4-28-14(6-9)18(22,23)24/h3-4,6-8,11,16H,1-2,5H2,(H,29,34). The van der Waals surface area contributed by atoms with Gasteiger partial charge in [-0.15, -0.1) is 13.2 Å². The largest absolute Gasteiger partial charge is 0.504 e. The van der Waals surface area contributed by atoms with Gasteiger partial charge in [-0.2, -0.15) is 28.1 Å². The van der Waals surface area contributed by atoms with E-state index in [9.17, 15) is 39.9 Å². The van der Waals surface area contributed by atoms with E-state index in [1.807, 2.05) is 0 Å². The lowest BCUT2D eigenvalue weighted by atomic mass is 10.0. The van der Waals surface area contributed by atoms with Crippen molar-refractivity contribution < 1.29 is 39.9 Å². The minimum absolute atomic E-state index is 0.112. The third-order valence-electron chi connectivity index (χ3n) is 5.14. The van der Waals surface area contributed by atoms with Gasteiger partial charge in [0, 0.05) is 24.5 Å². The average Bonchev–Trinajstić information content (AvgIpc) is 3.39. The summed E-state index contributed by atoms with van der Waals surface area (Å²) < 4.78 is 105. The van der Waals surface area contributed by atoms with E-state index in [0.717, 1.165) is 12.3 Å². The van der Waals surface area contributed by atoms with E-state index >= 15 is 0 Å². The number of pyridine rings is 1. The van der Waals surface area contributed by atoms with Crippen LogP contribution in [0.1, 0.15) is 52.7 Å². The summed E-state index contributed by atoms with van der Waals surface area (Å²) in [6.07, 6.45) is -11.3. The normalized spacial score (nSPS) is 16.6. The number of carbonyl (C=O) groups excluding carboxylic acids is 1. The number of nitrogens with zero attached hydrogens (tertiary/aromatic N) is 5. The van der Waals surface area contributed by atoms with Gasteiger partial charge in [0.15, 0.2) is 0 Å². The van der Waals surface area contributed by atoms with E-state index in [1.54, 1.807) is 0 Å². The second kappa shape index (κ2) is 8.36. The summed E-state index contributed by atoms with van der Waals surface area (Å²) in [4.78, 5) is 15.9. The Morgan fingerprint density at radius 1 is 1.12 bits per heavy atom. The molecule has 3 aromatic heterocycles. The van der Waals surface area contributed by atoms with Gasteiger partial charge in [0.25, 0.3) is 12.3 Å². The van der Waals surface area contributed by atoms with Crippen molar-refractivity contribution in [2.24, 2.45) is 0 Å². The number of aromatic nitrogens is 5. The Hall–Kier alpha value is -3.52. The third kappa shape index (κ3) is 4.59. The van der Waals surface area contributed by atoms with Crippen molar-refractivity contribution in [2.75, 3.05) is 0 Å². The highest BCUT2D eigenvalue weighted by molar-refractivity contribution is 5.95. The summed E-state index contributed by atoms with van der Waals surface area (Å²) in [6.45, 7) is 0.368. The number of fused-ring (bicyclic) bond motifs is 1. The molecule has 1 aliphatic heterocycles. The molecule has 1 N–H and O–H groups in total. The van der Waals surface area contributed by atoms with Gasteiger partial charge in [-0.1, -0.05) is 0 Å². The highest BCUT2D eigenvalue weighted by atomic mass is 19.4. The fourth-order valence-electron chi connectivity index (χ4n) is 3.61. The maximum atomic E-state index is 13.2. The number of aryl methyl sites for hydroxylation is 1. The van der Waals surface area contributed by atoms with Crippen LogP contribution in [-0.2, 0) is 19.0 Å². The monoisotopic (exact) mass is 494 g/mol. The maximum absolute atomic E-state index is 13.2. The van der Waals surface area contributed by atoms with Crippen LogP contribution in [0, 0.1) is 0 Å². The van der Waals surface area contributed by atoms with Crippen molar-refractivity contribution in [3.05, 3.63) is 53.2 Å². The van der Waals surface area contributed by atoms with Gasteiger partial charge in [-0.25, -0.2) is 8.78 Å². The van der Waals surface area contributed by atoms with Crippen LogP contribution in [0.15, 0.2) is 30.6 Å². The Balaban J connectivity index is 1.62. The summed E-state index contributed by atoms with van der Waals surface area (Å²) in [5, 5.41) is 9.42. The molecule has 1 unspecified atom stereocenters. The van der Waals surface area contributed by atoms with Crippen LogP contribution in [0.4, 0.5) is 35.1 Å². The summed E-state index contributed by atoms with van der Waals surface area (Å²) in [5.74, 6) is -1.20. The van der Waals surface area contributed by atoms with Crippen LogP contribution in [0.2, 0.25) is 0 Å². The van der Waals surface area contributed by atoms with Gasteiger partial charge in [-0.05, 0) is 31.0 Å².